The van der Waals surface area contributed by atoms with Gasteiger partial charge >= 0.3 is 0 Å². The number of allylic oxidation sites excluding steroid dienone is 7. The van der Waals surface area contributed by atoms with Gasteiger partial charge in [0.05, 0.1) is 0 Å². The van der Waals surface area contributed by atoms with Gasteiger partial charge in [-0.1, -0.05) is 365 Å². The molecule has 0 fully saturated rings. The van der Waals surface area contributed by atoms with Gasteiger partial charge in [-0.3, -0.25) is 0 Å². The second-order valence-electron chi connectivity index (χ2n) is 40.2. The molecular weight excluding hydrogens is 1210 g/mol. The van der Waals surface area contributed by atoms with Crippen LogP contribution in [0.1, 0.15) is 351 Å². The van der Waals surface area contributed by atoms with E-state index in [1.807, 2.05) is 0 Å². The van der Waals surface area contributed by atoms with Gasteiger partial charge in [-0.05, 0) is 262 Å². The lowest BCUT2D eigenvalue weighted by Crippen LogP contribution is -2.41. The zero-order valence-corrected chi connectivity index (χ0v) is 70.7. The molecule has 6 aliphatic carbocycles. The Labute approximate surface area is 623 Å². The minimum Gasteiger partial charge on any atom is -0.0838 e. The number of fused-ring (bicyclic) bond motifs is 6. The molecule has 0 aliphatic heterocycles. The van der Waals surface area contributed by atoms with E-state index in [4.69, 9.17) is 0 Å². The topological polar surface area (TPSA) is 0 Å². The summed E-state index contributed by atoms with van der Waals surface area (Å²) in [7, 11) is 0. The summed E-state index contributed by atoms with van der Waals surface area (Å²) in [5, 5.41) is 0. The molecule has 0 aromatic heterocycles. The van der Waals surface area contributed by atoms with Crippen LogP contribution in [0, 0.1) is 44.8 Å². The fourth-order valence-electron chi connectivity index (χ4n) is 17.1. The molecule has 0 nitrogen and oxygen atoms in total. The van der Waals surface area contributed by atoms with E-state index < -0.39 is 0 Å². The summed E-state index contributed by atoms with van der Waals surface area (Å²) in [6, 6.07) is 41.5. The first-order valence-electron chi connectivity index (χ1n) is 40.2. The summed E-state index contributed by atoms with van der Waals surface area (Å²) in [5.41, 5.74) is 36.3. The Morgan fingerprint density at radius 2 is 0.653 bits per heavy atom. The van der Waals surface area contributed by atoms with Gasteiger partial charge in [0, 0.05) is 0 Å². The Balaban J connectivity index is 0.000000170. The lowest BCUT2D eigenvalue weighted by atomic mass is 9.58. The van der Waals surface area contributed by atoms with Gasteiger partial charge in [-0.25, -0.2) is 0 Å². The zero-order valence-electron chi connectivity index (χ0n) is 70.7. The minimum atomic E-state index is 0.245. The third kappa shape index (κ3) is 21.5. The summed E-state index contributed by atoms with van der Waals surface area (Å²) in [5.74, 6) is 4.75. The Morgan fingerprint density at radius 3 is 1.00 bits per heavy atom. The van der Waals surface area contributed by atoms with E-state index in [2.05, 4.69) is 348 Å². The smallest absolute Gasteiger partial charge is 0.00522 e. The van der Waals surface area contributed by atoms with E-state index in [-0.39, 0.29) is 27.1 Å². The molecule has 0 saturated carbocycles. The van der Waals surface area contributed by atoms with Gasteiger partial charge in [0.15, 0.2) is 0 Å². The van der Waals surface area contributed by atoms with Crippen LogP contribution >= 0.6 is 0 Å². The molecule has 550 valence electrons. The summed E-state index contributed by atoms with van der Waals surface area (Å²) < 4.78 is 0. The highest BCUT2D eigenvalue weighted by Crippen LogP contribution is 2.50. The maximum Gasteiger partial charge on any atom is -0.00522 e. The van der Waals surface area contributed by atoms with Crippen molar-refractivity contribution in [2.75, 3.05) is 0 Å². The molecule has 0 N–H and O–H groups in total. The second-order valence-corrected chi connectivity index (χ2v) is 40.2. The number of rotatable bonds is 5. The number of benzene rings is 6. The van der Waals surface area contributed by atoms with Gasteiger partial charge in [0.2, 0.25) is 0 Å². The molecule has 0 spiro atoms. The van der Waals surface area contributed by atoms with E-state index in [1.54, 1.807) is 66.8 Å². The van der Waals surface area contributed by atoms with Gasteiger partial charge < -0.3 is 0 Å². The number of hydrogen-bond donors (Lipinski definition) is 0. The molecule has 2 unspecified atom stereocenters. The molecule has 6 aromatic rings. The van der Waals surface area contributed by atoms with E-state index in [0.717, 1.165) is 50.4 Å². The maximum atomic E-state index is 2.51. The summed E-state index contributed by atoms with van der Waals surface area (Å²) >= 11 is 0. The van der Waals surface area contributed by atoms with Crippen LogP contribution in [0.5, 0.6) is 0 Å². The third-order valence-corrected chi connectivity index (χ3v) is 23.0. The Bertz CT molecular complexity index is 3710. The van der Waals surface area contributed by atoms with Crippen molar-refractivity contribution in [2.24, 2.45) is 44.8 Å². The average Bonchev–Trinajstić information content (AvgIpc) is 1.77. The van der Waals surface area contributed by atoms with Crippen LogP contribution in [0.15, 0.2) is 144 Å². The average molecular weight is 1360 g/mol. The summed E-state index contributed by atoms with van der Waals surface area (Å²) in [6.07, 6.45) is 23.7. The van der Waals surface area contributed by atoms with Gasteiger partial charge in [0.1, 0.15) is 0 Å². The van der Waals surface area contributed by atoms with Crippen LogP contribution in [0.3, 0.4) is 0 Å². The Hall–Kier alpha value is -5.72. The molecule has 6 aliphatic rings. The van der Waals surface area contributed by atoms with Gasteiger partial charge in [-0.2, -0.15) is 0 Å². The quantitative estimate of drug-likeness (QED) is 0.151. The fraction of sp³-hybridized carbons (Fsp3) is 0.564. The molecule has 0 radical (unpaired) electrons. The lowest BCUT2D eigenvalue weighted by Gasteiger charge is -2.47. The van der Waals surface area contributed by atoms with Gasteiger partial charge in [-0.15, -0.1) is 0 Å². The lowest BCUT2D eigenvalue weighted by molar-refractivity contribution is 0.0626. The highest BCUT2D eigenvalue weighted by atomic mass is 14.5. The van der Waals surface area contributed by atoms with Crippen molar-refractivity contribution in [1.29, 1.82) is 0 Å². The van der Waals surface area contributed by atoms with E-state index in [1.165, 1.54) is 94.2 Å². The van der Waals surface area contributed by atoms with Crippen molar-refractivity contribution in [1.82, 2.24) is 0 Å². The van der Waals surface area contributed by atoms with Crippen LogP contribution in [-0.4, -0.2) is 0 Å². The molecule has 2 atom stereocenters. The molecule has 12 rings (SSSR count). The predicted octanol–water partition coefficient (Wildman–Crippen LogP) is 29.2. The maximum absolute atomic E-state index is 2.51. The van der Waals surface area contributed by atoms with Crippen LogP contribution in [0.4, 0.5) is 0 Å². The monoisotopic (exact) mass is 1360 g/mol. The van der Waals surface area contributed by atoms with Crippen LogP contribution in [-0.2, 0) is 75.0 Å². The molecule has 0 heteroatoms. The first kappa shape index (κ1) is 82.6. The van der Waals surface area contributed by atoms with Crippen molar-refractivity contribution in [3.05, 3.63) is 244 Å². The van der Waals surface area contributed by atoms with E-state index in [0.29, 0.717) is 40.4 Å². The largest absolute Gasteiger partial charge is 0.0838 e. The Kier molecular flexibility index (Phi) is 27.1. The van der Waals surface area contributed by atoms with Crippen molar-refractivity contribution in [3.63, 3.8) is 0 Å². The number of aryl methyl sites for hydroxylation is 2. The van der Waals surface area contributed by atoms with Crippen LogP contribution < -0.4 is 0 Å². The highest BCUT2D eigenvalue weighted by molar-refractivity contribution is 5.79. The second kappa shape index (κ2) is 33.2. The SMILES string of the molecule is CC(C)(C)C1=C(C(C)(C)C)Cc2ccccc2C1.CC(C)(C)C1Cc2ccccc2CC1C(C)(C)C.CC(C)(C)c1cc2c(cc1C(C)(C)C)CCCC2.CC(C)C1=C(C(C)(C)C)c2ccccc2C1.CC(C)c1cc2c(cc1C(C)C)CC=C2.CC(C)c1cc2c(cc1C(C)C)CC=CC2. The first-order chi connectivity index (χ1) is 46.7. The molecule has 101 heavy (non-hydrogen) atoms. The van der Waals surface area contributed by atoms with Crippen molar-refractivity contribution in [3.8, 4) is 0 Å². The predicted molar refractivity (Wildman–Crippen MR) is 450 cm³/mol. The molecule has 0 bridgehead atoms. The fourth-order valence-corrected chi connectivity index (χ4v) is 17.1. The van der Waals surface area contributed by atoms with E-state index >= 15 is 0 Å². The number of hydrogen-bond acceptors (Lipinski definition) is 0. The van der Waals surface area contributed by atoms with Crippen LogP contribution in [0.2, 0.25) is 0 Å². The molecule has 0 heterocycles. The standard InChI is InChI=1S/2C18H28.C18H26.2C16H22.C15H20/c3*1-17(2,3)15-11-13-9-7-8-10-14(13)12-16(15)18(4,5)6;1-11(2)14-10-12-8-6-7-9-13(12)15(14)16(3,4)5;1-11(2)15-9-13-7-5-6-8-14(13)10-16(15)12(3)4;1-10(2)14-8-12-6-5-7-13(12)9-15(14)11(3)4/h11-12H,7-10H2,1-6H3;7-10,15-16H,11-12H2,1-6H3;7-10H,11-12H2,1-6H3;6-9,11H,10H2,1-5H3;5-6,9-12H,7-8H2,1-4H3;5-6,8-11H,7H2,1-4H3. The van der Waals surface area contributed by atoms with Crippen LogP contribution in [0.25, 0.3) is 11.6 Å². The summed E-state index contributed by atoms with van der Waals surface area (Å²) in [6.45, 7) is 72.5. The molecular formula is C101H146. The molecule has 0 amide bonds. The minimum absolute atomic E-state index is 0.245. The van der Waals surface area contributed by atoms with Gasteiger partial charge in [0.25, 0.3) is 0 Å². The van der Waals surface area contributed by atoms with Crippen molar-refractivity contribution >= 4 is 11.6 Å². The normalized spacial score (nSPS) is 17.3. The van der Waals surface area contributed by atoms with Crippen molar-refractivity contribution in [2.45, 2.75) is 326 Å². The van der Waals surface area contributed by atoms with Crippen molar-refractivity contribution < 1.29 is 0 Å². The molecule has 6 aromatic carbocycles. The third-order valence-electron chi connectivity index (χ3n) is 23.0. The Morgan fingerprint density at radius 1 is 0.307 bits per heavy atom. The molecule has 0 saturated heterocycles. The highest BCUT2D eigenvalue weighted by Gasteiger charge is 2.42. The first-order valence-corrected chi connectivity index (χ1v) is 40.2. The van der Waals surface area contributed by atoms with E-state index in [9.17, 15) is 0 Å². The zero-order chi connectivity index (χ0) is 75.3. The summed E-state index contributed by atoms with van der Waals surface area (Å²) in [4.78, 5) is 0.